The first-order valence-corrected chi connectivity index (χ1v) is 13.1. The third kappa shape index (κ3) is 7.69. The zero-order valence-corrected chi connectivity index (χ0v) is 23.1. The number of benzene rings is 2. The van der Waals surface area contributed by atoms with Crippen molar-refractivity contribution in [3.63, 3.8) is 0 Å². The van der Waals surface area contributed by atoms with Crippen molar-refractivity contribution < 1.29 is 4.79 Å². The smallest absolute Gasteiger partial charge is 0.245 e. The molecule has 10 heteroatoms. The lowest BCUT2D eigenvalue weighted by molar-refractivity contribution is -0.131. The van der Waals surface area contributed by atoms with Crippen molar-refractivity contribution >= 4 is 40.9 Å². The summed E-state index contributed by atoms with van der Waals surface area (Å²) in [5.74, 6) is 1.85. The van der Waals surface area contributed by atoms with Crippen molar-refractivity contribution in [3.05, 3.63) is 94.5 Å². The summed E-state index contributed by atoms with van der Waals surface area (Å²) < 4.78 is 1.79. The molecule has 0 aliphatic carbocycles. The van der Waals surface area contributed by atoms with Gasteiger partial charge in [-0.3, -0.25) is 9.36 Å². The second kappa shape index (κ2) is 12.8. The lowest BCUT2D eigenvalue weighted by Crippen LogP contribution is -2.41. The van der Waals surface area contributed by atoms with Gasteiger partial charge >= 0.3 is 0 Å². The quantitative estimate of drug-likeness (QED) is 0.235. The van der Waals surface area contributed by atoms with Crippen molar-refractivity contribution in [2.75, 3.05) is 17.7 Å². The summed E-state index contributed by atoms with van der Waals surface area (Å²) in [6.45, 7) is 5.15. The van der Waals surface area contributed by atoms with Crippen LogP contribution >= 0.6 is 23.2 Å². The van der Waals surface area contributed by atoms with Gasteiger partial charge in [0.1, 0.15) is 24.0 Å². The Labute approximate surface area is 233 Å². The molecule has 2 aromatic carbocycles. The van der Waals surface area contributed by atoms with Crippen LogP contribution in [0, 0.1) is 5.92 Å². The number of hydrogen-bond donors (Lipinski definition) is 2. The van der Waals surface area contributed by atoms with E-state index in [0.717, 1.165) is 11.1 Å². The van der Waals surface area contributed by atoms with Crippen LogP contribution < -0.4 is 10.6 Å². The third-order valence-electron chi connectivity index (χ3n) is 5.86. The molecule has 2 heterocycles. The van der Waals surface area contributed by atoms with Crippen molar-refractivity contribution in [2.24, 2.45) is 5.92 Å². The highest BCUT2D eigenvalue weighted by molar-refractivity contribution is 6.30. The summed E-state index contributed by atoms with van der Waals surface area (Å²) >= 11 is 12.2. The standard InChI is InChI=1S/C28H31Cl2N7O/c1-19(2)13-24(27(38)36(3)17-20-7-9-22(29)10-8-20)33-25-15-26(37-12-11-31-18-37)35-28(34-25)32-16-21-5-4-6-23(30)14-21/h4-12,14-15,18-19,24H,13,16-17H2,1-3H3,(H2,32,33,34,35)/t24-/m1/s1. The molecule has 0 unspecified atom stereocenters. The topological polar surface area (TPSA) is 88.0 Å². The van der Waals surface area contributed by atoms with Gasteiger partial charge in [0.15, 0.2) is 0 Å². The van der Waals surface area contributed by atoms with Crippen LogP contribution in [0.25, 0.3) is 5.82 Å². The van der Waals surface area contributed by atoms with E-state index >= 15 is 0 Å². The molecule has 0 saturated heterocycles. The maximum absolute atomic E-state index is 13.5. The molecule has 1 amide bonds. The van der Waals surface area contributed by atoms with E-state index in [2.05, 4.69) is 39.4 Å². The van der Waals surface area contributed by atoms with E-state index in [1.54, 1.807) is 29.0 Å². The molecule has 1 atom stereocenters. The summed E-state index contributed by atoms with van der Waals surface area (Å²) in [5, 5.41) is 7.98. The minimum absolute atomic E-state index is 0.0233. The number of halogens is 2. The van der Waals surface area contributed by atoms with Gasteiger partial charge in [-0.1, -0.05) is 61.3 Å². The van der Waals surface area contributed by atoms with Gasteiger partial charge in [-0.2, -0.15) is 9.97 Å². The number of imidazole rings is 1. The number of aromatic nitrogens is 4. The minimum atomic E-state index is -0.474. The predicted molar refractivity (Wildman–Crippen MR) is 153 cm³/mol. The van der Waals surface area contributed by atoms with Gasteiger partial charge in [0.2, 0.25) is 11.9 Å². The van der Waals surface area contributed by atoms with E-state index in [4.69, 9.17) is 23.2 Å². The molecule has 2 aromatic heterocycles. The van der Waals surface area contributed by atoms with Gasteiger partial charge < -0.3 is 15.5 Å². The van der Waals surface area contributed by atoms with Gasteiger partial charge in [-0.25, -0.2) is 4.98 Å². The number of amides is 1. The summed E-state index contributed by atoms with van der Waals surface area (Å²) in [6, 6.07) is 16.5. The number of likely N-dealkylation sites (N-methyl/N-ethyl adjacent to an activating group) is 1. The second-order valence-electron chi connectivity index (χ2n) is 9.54. The van der Waals surface area contributed by atoms with Crippen molar-refractivity contribution in [1.82, 2.24) is 24.4 Å². The summed E-state index contributed by atoms with van der Waals surface area (Å²) in [4.78, 5) is 28.7. The highest BCUT2D eigenvalue weighted by atomic mass is 35.5. The van der Waals surface area contributed by atoms with Crippen LogP contribution in [0.4, 0.5) is 11.8 Å². The van der Waals surface area contributed by atoms with Gasteiger partial charge in [0.05, 0.1) is 0 Å². The molecule has 0 aliphatic rings. The highest BCUT2D eigenvalue weighted by Gasteiger charge is 2.24. The van der Waals surface area contributed by atoms with Crippen LogP contribution in [0.1, 0.15) is 31.4 Å². The second-order valence-corrected chi connectivity index (χ2v) is 10.4. The predicted octanol–water partition coefficient (Wildman–Crippen LogP) is 6.07. The van der Waals surface area contributed by atoms with E-state index in [1.165, 1.54) is 0 Å². The summed E-state index contributed by atoms with van der Waals surface area (Å²) in [7, 11) is 1.81. The normalized spacial score (nSPS) is 11.8. The van der Waals surface area contributed by atoms with E-state index in [1.807, 2.05) is 60.8 Å². The first kappa shape index (κ1) is 27.4. The van der Waals surface area contributed by atoms with Crippen LogP contribution in [0.3, 0.4) is 0 Å². The van der Waals surface area contributed by atoms with Crippen molar-refractivity contribution in [3.8, 4) is 5.82 Å². The fraction of sp³-hybridized carbons (Fsp3) is 0.286. The fourth-order valence-corrected chi connectivity index (χ4v) is 4.36. The molecule has 0 fully saturated rings. The first-order valence-electron chi connectivity index (χ1n) is 12.4. The van der Waals surface area contributed by atoms with E-state index in [-0.39, 0.29) is 11.8 Å². The number of nitrogens with zero attached hydrogens (tertiary/aromatic N) is 5. The third-order valence-corrected chi connectivity index (χ3v) is 6.34. The van der Waals surface area contributed by atoms with E-state index < -0.39 is 6.04 Å². The number of carbonyl (C=O) groups excluding carboxylic acids is 1. The molecule has 0 spiro atoms. The number of carbonyl (C=O) groups is 1. The lowest BCUT2D eigenvalue weighted by Gasteiger charge is -2.26. The maximum atomic E-state index is 13.5. The van der Waals surface area contributed by atoms with Crippen LogP contribution in [0.2, 0.25) is 10.0 Å². The first-order chi connectivity index (χ1) is 18.3. The zero-order chi connectivity index (χ0) is 27.1. The molecule has 0 aliphatic heterocycles. The molecule has 0 bridgehead atoms. The average molecular weight is 553 g/mol. The maximum Gasteiger partial charge on any atom is 0.245 e. The number of nitrogens with one attached hydrogen (secondary N) is 2. The Morgan fingerprint density at radius 3 is 2.50 bits per heavy atom. The van der Waals surface area contributed by atoms with Crippen molar-refractivity contribution in [2.45, 2.75) is 39.4 Å². The van der Waals surface area contributed by atoms with Gasteiger partial charge in [0, 0.05) is 48.6 Å². The van der Waals surface area contributed by atoms with E-state index in [0.29, 0.717) is 47.1 Å². The Bertz CT molecular complexity index is 1340. The molecule has 38 heavy (non-hydrogen) atoms. The van der Waals surface area contributed by atoms with Crippen LogP contribution in [0.15, 0.2) is 73.3 Å². The monoisotopic (exact) mass is 551 g/mol. The average Bonchev–Trinajstić information content (AvgIpc) is 3.43. The molecular formula is C28H31Cl2N7O. The van der Waals surface area contributed by atoms with Crippen LogP contribution in [-0.4, -0.2) is 43.4 Å². The molecule has 4 rings (SSSR count). The molecule has 0 saturated carbocycles. The van der Waals surface area contributed by atoms with Gasteiger partial charge in [-0.05, 0) is 47.7 Å². The lowest BCUT2D eigenvalue weighted by atomic mass is 10.0. The Balaban J connectivity index is 1.56. The number of rotatable bonds is 11. The Hall–Kier alpha value is -3.62. The summed E-state index contributed by atoms with van der Waals surface area (Å²) in [5.41, 5.74) is 2.01. The molecule has 8 nitrogen and oxygen atoms in total. The number of hydrogen-bond acceptors (Lipinski definition) is 6. The Kier molecular flexibility index (Phi) is 9.20. The Morgan fingerprint density at radius 2 is 1.82 bits per heavy atom. The summed E-state index contributed by atoms with van der Waals surface area (Å²) in [6.07, 6.45) is 5.80. The van der Waals surface area contributed by atoms with Gasteiger partial charge in [0.25, 0.3) is 0 Å². The molecule has 198 valence electrons. The fourth-order valence-electron chi connectivity index (χ4n) is 4.02. The SMILES string of the molecule is CC(C)C[C@@H](Nc1cc(-n2ccnc2)nc(NCc2cccc(Cl)c2)n1)C(=O)N(C)Cc1ccc(Cl)cc1. The molecular weight excluding hydrogens is 521 g/mol. The van der Waals surface area contributed by atoms with Crippen LogP contribution in [-0.2, 0) is 17.9 Å². The highest BCUT2D eigenvalue weighted by Crippen LogP contribution is 2.20. The molecule has 2 N–H and O–H groups in total. The minimum Gasteiger partial charge on any atom is -0.358 e. The Morgan fingerprint density at radius 1 is 1.03 bits per heavy atom. The largest absolute Gasteiger partial charge is 0.358 e. The van der Waals surface area contributed by atoms with Crippen LogP contribution in [0.5, 0.6) is 0 Å². The van der Waals surface area contributed by atoms with Crippen molar-refractivity contribution in [1.29, 1.82) is 0 Å². The molecule has 4 aromatic rings. The van der Waals surface area contributed by atoms with E-state index in [9.17, 15) is 4.79 Å². The molecule has 0 radical (unpaired) electrons. The number of anilines is 2. The van der Waals surface area contributed by atoms with Gasteiger partial charge in [-0.15, -0.1) is 0 Å². The zero-order valence-electron chi connectivity index (χ0n) is 21.6.